The molecule has 0 radical (unpaired) electrons. The Kier molecular flexibility index (Phi) is 4.74. The fraction of sp³-hybridized carbons (Fsp3) is 0.571. The Hall–Kier alpha value is -2.39. The summed E-state index contributed by atoms with van der Waals surface area (Å²) < 4.78 is 17.8. The zero-order chi connectivity index (χ0) is 21.9. The van der Waals surface area contributed by atoms with Crippen LogP contribution in [0, 0.1) is 0 Å². The zero-order valence-electron chi connectivity index (χ0n) is 18.3. The summed E-state index contributed by atoms with van der Waals surface area (Å²) in [5, 5.41) is 20.2. The van der Waals surface area contributed by atoms with E-state index in [9.17, 15) is 10.0 Å². The molecular formula is C21H28BN3O5. The quantitative estimate of drug-likeness (QED) is 0.718. The molecule has 160 valence electrons. The monoisotopic (exact) mass is 413 g/mol. The minimum atomic E-state index is -1.72. The van der Waals surface area contributed by atoms with E-state index < -0.39 is 18.2 Å². The number of nitrogens with zero attached hydrogens (tertiary/aromatic N) is 3. The number of aliphatic imine (C=N–C) groups is 3. The summed E-state index contributed by atoms with van der Waals surface area (Å²) in [4.78, 5) is 14.1. The normalized spacial score (nSPS) is 23.1. The van der Waals surface area contributed by atoms with E-state index in [2.05, 4.69) is 4.99 Å². The smallest absolute Gasteiger partial charge is 0.475 e. The highest BCUT2D eigenvalue weighted by atomic mass is 16.5. The molecule has 3 heterocycles. The van der Waals surface area contributed by atoms with Crippen LogP contribution in [0.1, 0.15) is 58.2 Å². The molecule has 0 aromatic heterocycles. The fourth-order valence-electron chi connectivity index (χ4n) is 3.61. The van der Waals surface area contributed by atoms with Crippen LogP contribution >= 0.6 is 0 Å². The summed E-state index contributed by atoms with van der Waals surface area (Å²) in [5.74, 6) is 1.18. The molecule has 0 saturated carbocycles. The molecule has 0 unspecified atom stereocenters. The van der Waals surface area contributed by atoms with Gasteiger partial charge in [-0.1, -0.05) is 6.07 Å². The van der Waals surface area contributed by atoms with Crippen molar-refractivity contribution in [2.24, 2.45) is 15.0 Å². The Balaban J connectivity index is 2.01. The maximum atomic E-state index is 10.1. The van der Waals surface area contributed by atoms with Crippen LogP contribution in [0.4, 0.5) is 0 Å². The Morgan fingerprint density at radius 3 is 1.53 bits per heavy atom. The van der Waals surface area contributed by atoms with Gasteiger partial charge in [0.05, 0.1) is 22.2 Å². The van der Waals surface area contributed by atoms with Crippen LogP contribution in [0.15, 0.2) is 27.1 Å². The van der Waals surface area contributed by atoms with Crippen LogP contribution in [0.2, 0.25) is 0 Å². The van der Waals surface area contributed by atoms with Gasteiger partial charge in [-0.2, -0.15) is 0 Å². The van der Waals surface area contributed by atoms with Gasteiger partial charge in [-0.15, -0.1) is 0 Å². The first-order valence-corrected chi connectivity index (χ1v) is 10.1. The van der Waals surface area contributed by atoms with E-state index in [1.165, 1.54) is 0 Å². The maximum absolute atomic E-state index is 10.1. The Morgan fingerprint density at radius 1 is 0.700 bits per heavy atom. The largest absolute Gasteiger partial charge is 0.489 e. The molecule has 30 heavy (non-hydrogen) atoms. The average Bonchev–Trinajstić information content (AvgIpc) is 3.29. The van der Waals surface area contributed by atoms with Crippen LogP contribution < -0.4 is 5.46 Å². The third kappa shape index (κ3) is 3.84. The molecule has 3 aliphatic rings. The van der Waals surface area contributed by atoms with Crippen molar-refractivity contribution in [1.29, 1.82) is 0 Å². The molecule has 2 N–H and O–H groups in total. The lowest BCUT2D eigenvalue weighted by Crippen LogP contribution is -2.37. The van der Waals surface area contributed by atoms with Crippen LogP contribution in [0.25, 0.3) is 0 Å². The van der Waals surface area contributed by atoms with Crippen LogP contribution in [0.5, 0.6) is 0 Å². The molecule has 0 bridgehead atoms. The molecule has 8 nitrogen and oxygen atoms in total. The summed E-state index contributed by atoms with van der Waals surface area (Å²) in [7, 11) is -1.72. The molecule has 0 fully saturated rings. The fourth-order valence-corrected chi connectivity index (χ4v) is 3.61. The van der Waals surface area contributed by atoms with Gasteiger partial charge >= 0.3 is 7.12 Å². The van der Waals surface area contributed by atoms with Crippen molar-refractivity contribution in [3.8, 4) is 0 Å². The second-order valence-corrected chi connectivity index (χ2v) is 9.88. The Labute approximate surface area is 176 Å². The first-order valence-electron chi connectivity index (χ1n) is 10.1. The van der Waals surface area contributed by atoms with E-state index in [4.69, 9.17) is 24.2 Å². The van der Waals surface area contributed by atoms with E-state index in [1.54, 1.807) is 12.1 Å². The summed E-state index contributed by atoms with van der Waals surface area (Å²) in [6.45, 7) is 13.1. The molecule has 0 amide bonds. The van der Waals surface area contributed by atoms with Gasteiger partial charge in [-0.05, 0) is 53.1 Å². The molecule has 4 rings (SSSR count). The second-order valence-electron chi connectivity index (χ2n) is 9.88. The molecule has 0 spiro atoms. The molecule has 9 heteroatoms. The van der Waals surface area contributed by atoms with Crippen molar-refractivity contribution in [1.82, 2.24) is 0 Å². The van der Waals surface area contributed by atoms with Crippen LogP contribution in [0.3, 0.4) is 0 Å². The van der Waals surface area contributed by atoms with Crippen molar-refractivity contribution in [3.05, 3.63) is 28.8 Å². The summed E-state index contributed by atoms with van der Waals surface area (Å²) in [6, 6.07) is 3.39. The maximum Gasteiger partial charge on any atom is 0.489 e. The molecule has 1 aromatic rings. The van der Waals surface area contributed by atoms with E-state index in [1.807, 2.05) is 41.5 Å². The highest BCUT2D eigenvalue weighted by Gasteiger charge is 2.39. The van der Waals surface area contributed by atoms with E-state index in [-0.39, 0.29) is 11.0 Å². The average molecular weight is 413 g/mol. The van der Waals surface area contributed by atoms with Gasteiger partial charge in [0.1, 0.15) is 19.8 Å². The first kappa shape index (κ1) is 20.9. The van der Waals surface area contributed by atoms with Gasteiger partial charge in [-0.25, -0.2) is 15.0 Å². The minimum absolute atomic E-state index is 0.263. The van der Waals surface area contributed by atoms with Gasteiger partial charge in [0, 0.05) is 11.1 Å². The van der Waals surface area contributed by atoms with Crippen molar-refractivity contribution >= 4 is 30.3 Å². The topological polar surface area (TPSA) is 105 Å². The highest BCUT2D eigenvalue weighted by molar-refractivity contribution is 6.60. The van der Waals surface area contributed by atoms with Crippen molar-refractivity contribution in [2.75, 3.05) is 19.8 Å². The highest BCUT2D eigenvalue weighted by Crippen LogP contribution is 2.30. The standard InChI is InChI=1S/C21H28BN3O5/c1-19(2)9-28-16(23-19)12-7-8-13(22(26)27)15(18-25-21(5,6)11-30-18)14(12)17-24-20(3,4)10-29-17/h7-8,26-27H,9-11H2,1-6H3. The summed E-state index contributed by atoms with van der Waals surface area (Å²) >= 11 is 0. The Bertz CT molecular complexity index is 979. The molecular weight excluding hydrogens is 385 g/mol. The Morgan fingerprint density at radius 2 is 1.13 bits per heavy atom. The summed E-state index contributed by atoms with van der Waals surface area (Å²) in [6.07, 6.45) is 0. The predicted octanol–water partition coefficient (Wildman–Crippen LogP) is 1.03. The van der Waals surface area contributed by atoms with Crippen LogP contribution in [-0.4, -0.2) is 71.3 Å². The molecule has 0 atom stereocenters. The number of hydrogen-bond donors (Lipinski definition) is 2. The van der Waals surface area contributed by atoms with Gasteiger partial charge in [0.15, 0.2) is 0 Å². The first-order chi connectivity index (χ1) is 13.9. The van der Waals surface area contributed by atoms with E-state index in [0.717, 1.165) is 0 Å². The van der Waals surface area contributed by atoms with Gasteiger partial charge < -0.3 is 24.3 Å². The lowest BCUT2D eigenvalue weighted by Gasteiger charge is -2.18. The van der Waals surface area contributed by atoms with E-state index >= 15 is 0 Å². The number of rotatable bonds is 4. The molecule has 1 aromatic carbocycles. The number of hydrogen-bond acceptors (Lipinski definition) is 8. The van der Waals surface area contributed by atoms with Gasteiger partial charge in [0.2, 0.25) is 17.7 Å². The van der Waals surface area contributed by atoms with Gasteiger partial charge in [-0.3, -0.25) is 0 Å². The van der Waals surface area contributed by atoms with Crippen LogP contribution in [-0.2, 0) is 14.2 Å². The van der Waals surface area contributed by atoms with E-state index in [0.29, 0.717) is 54.2 Å². The second kappa shape index (κ2) is 6.82. The van der Waals surface area contributed by atoms with Gasteiger partial charge in [0.25, 0.3) is 0 Å². The predicted molar refractivity (Wildman–Crippen MR) is 116 cm³/mol. The third-order valence-electron chi connectivity index (χ3n) is 5.07. The van der Waals surface area contributed by atoms with Crippen molar-refractivity contribution in [3.63, 3.8) is 0 Å². The van der Waals surface area contributed by atoms with Crippen molar-refractivity contribution < 1.29 is 24.3 Å². The SMILES string of the molecule is CC1(C)COC(c2ccc(B(O)O)c(C3=NC(C)(C)CO3)c2C2=NC(C)(C)CO2)=N1. The lowest BCUT2D eigenvalue weighted by molar-refractivity contribution is 0.276. The van der Waals surface area contributed by atoms with Crippen molar-refractivity contribution in [2.45, 2.75) is 58.2 Å². The minimum Gasteiger partial charge on any atom is -0.475 e. The molecule has 0 aliphatic carbocycles. The zero-order valence-corrected chi connectivity index (χ0v) is 18.3. The number of benzene rings is 1. The lowest BCUT2D eigenvalue weighted by atomic mass is 9.74. The molecule has 0 saturated heterocycles. The molecule has 3 aliphatic heterocycles. The third-order valence-corrected chi connectivity index (χ3v) is 5.07. The number of ether oxygens (including phenoxy) is 3. The summed E-state index contributed by atoms with van der Waals surface area (Å²) in [5.41, 5.74) is 0.725.